The van der Waals surface area contributed by atoms with Gasteiger partial charge in [0.15, 0.2) is 5.76 Å². The first-order valence-electron chi connectivity index (χ1n) is 6.41. The third-order valence-electron chi connectivity index (χ3n) is 2.85. The Morgan fingerprint density at radius 2 is 2.26 bits per heavy atom. The average Bonchev–Trinajstić information content (AvgIpc) is 2.97. The van der Waals surface area contributed by atoms with E-state index in [2.05, 4.69) is 34.3 Å². The van der Waals surface area contributed by atoms with E-state index in [9.17, 15) is 0 Å². The van der Waals surface area contributed by atoms with Gasteiger partial charge in [-0.05, 0) is 20.5 Å². The van der Waals surface area contributed by atoms with Gasteiger partial charge in [-0.15, -0.1) is 11.3 Å². The highest BCUT2D eigenvalue weighted by Crippen LogP contribution is 2.16. The molecule has 0 saturated carbocycles. The molecule has 0 amide bonds. The van der Waals surface area contributed by atoms with Crippen LogP contribution in [0.5, 0.6) is 0 Å². The van der Waals surface area contributed by atoms with E-state index < -0.39 is 0 Å². The van der Waals surface area contributed by atoms with Gasteiger partial charge in [0.05, 0.1) is 23.4 Å². The van der Waals surface area contributed by atoms with Gasteiger partial charge in [0.2, 0.25) is 0 Å². The van der Waals surface area contributed by atoms with Crippen LogP contribution in [0.4, 0.5) is 0 Å². The third kappa shape index (κ3) is 4.12. The van der Waals surface area contributed by atoms with Crippen molar-refractivity contribution < 1.29 is 4.52 Å². The predicted octanol–water partition coefficient (Wildman–Crippen LogP) is 2.18. The van der Waals surface area contributed by atoms with Crippen molar-refractivity contribution in [2.75, 3.05) is 13.6 Å². The zero-order valence-electron chi connectivity index (χ0n) is 11.6. The minimum absolute atomic E-state index is 0.760. The van der Waals surface area contributed by atoms with Crippen molar-refractivity contribution in [3.8, 4) is 0 Å². The second-order valence-corrected chi connectivity index (χ2v) is 5.54. The molecule has 2 rings (SSSR count). The molecule has 2 heterocycles. The Hall–Kier alpha value is -1.24. The summed E-state index contributed by atoms with van der Waals surface area (Å²) in [5.74, 6) is 0.901. The number of thiazole rings is 1. The molecule has 0 aliphatic heterocycles. The van der Waals surface area contributed by atoms with Gasteiger partial charge in [0, 0.05) is 24.0 Å². The maximum atomic E-state index is 5.34. The molecule has 0 saturated heterocycles. The molecular formula is C13H20N4OS. The average molecular weight is 280 g/mol. The van der Waals surface area contributed by atoms with Crippen molar-refractivity contribution in [2.24, 2.45) is 0 Å². The molecular weight excluding hydrogens is 260 g/mol. The van der Waals surface area contributed by atoms with Crippen LogP contribution in [0.3, 0.4) is 0 Å². The maximum Gasteiger partial charge on any atom is 0.151 e. The van der Waals surface area contributed by atoms with E-state index in [1.807, 2.05) is 18.5 Å². The number of nitrogens with zero attached hydrogens (tertiary/aromatic N) is 3. The van der Waals surface area contributed by atoms with Crippen LogP contribution in [0.1, 0.15) is 28.9 Å². The molecule has 2 aromatic heterocycles. The highest BCUT2D eigenvalue weighted by atomic mass is 32.1. The number of rotatable bonds is 7. The van der Waals surface area contributed by atoms with Crippen LogP contribution in [0, 0.1) is 6.92 Å². The zero-order valence-corrected chi connectivity index (χ0v) is 12.5. The SMILES string of the molecule is CCNCc1cc(CN(C)Cc2scnc2C)on1. The third-order valence-corrected chi connectivity index (χ3v) is 3.77. The lowest BCUT2D eigenvalue weighted by atomic mass is 10.3. The molecule has 2 aromatic rings. The summed E-state index contributed by atoms with van der Waals surface area (Å²) < 4.78 is 5.34. The van der Waals surface area contributed by atoms with E-state index in [4.69, 9.17) is 4.52 Å². The molecule has 0 radical (unpaired) electrons. The van der Waals surface area contributed by atoms with Crippen LogP contribution >= 0.6 is 11.3 Å². The standard InChI is InChI=1S/C13H20N4OS/c1-4-14-6-11-5-12(18-16-11)7-17(3)8-13-10(2)15-9-19-13/h5,9,14H,4,6-8H2,1-3H3. The molecule has 0 atom stereocenters. The highest BCUT2D eigenvalue weighted by molar-refractivity contribution is 7.09. The number of nitrogens with one attached hydrogen (secondary N) is 1. The monoisotopic (exact) mass is 280 g/mol. The van der Waals surface area contributed by atoms with Crippen LogP contribution < -0.4 is 5.32 Å². The number of hydrogen-bond donors (Lipinski definition) is 1. The number of aromatic nitrogens is 2. The zero-order chi connectivity index (χ0) is 13.7. The highest BCUT2D eigenvalue weighted by Gasteiger charge is 2.10. The minimum atomic E-state index is 0.760. The molecule has 6 heteroatoms. The molecule has 1 N–H and O–H groups in total. The Kier molecular flexibility index (Phi) is 5.07. The molecule has 0 fully saturated rings. The van der Waals surface area contributed by atoms with Gasteiger partial charge in [-0.3, -0.25) is 4.90 Å². The predicted molar refractivity (Wildman–Crippen MR) is 75.9 cm³/mol. The summed E-state index contributed by atoms with van der Waals surface area (Å²) in [6, 6.07) is 2.01. The minimum Gasteiger partial charge on any atom is -0.360 e. The van der Waals surface area contributed by atoms with E-state index in [1.165, 1.54) is 4.88 Å². The smallest absolute Gasteiger partial charge is 0.151 e. The summed E-state index contributed by atoms with van der Waals surface area (Å²) in [6.07, 6.45) is 0. The Balaban J connectivity index is 1.86. The van der Waals surface area contributed by atoms with Crippen LogP contribution in [0.2, 0.25) is 0 Å². The van der Waals surface area contributed by atoms with Crippen LogP contribution in [0.15, 0.2) is 16.1 Å². The Morgan fingerprint density at radius 1 is 1.42 bits per heavy atom. The van der Waals surface area contributed by atoms with E-state index in [0.717, 1.165) is 43.3 Å². The van der Waals surface area contributed by atoms with E-state index in [1.54, 1.807) is 11.3 Å². The Labute approximate surface area is 117 Å². The molecule has 104 valence electrons. The Bertz CT molecular complexity index is 508. The molecule has 19 heavy (non-hydrogen) atoms. The van der Waals surface area contributed by atoms with E-state index >= 15 is 0 Å². The Morgan fingerprint density at radius 3 is 2.95 bits per heavy atom. The van der Waals surface area contributed by atoms with Crippen molar-refractivity contribution >= 4 is 11.3 Å². The lowest BCUT2D eigenvalue weighted by molar-refractivity contribution is 0.266. The van der Waals surface area contributed by atoms with Crippen LogP contribution in [0.25, 0.3) is 0 Å². The summed E-state index contributed by atoms with van der Waals surface area (Å²) in [5, 5.41) is 7.28. The summed E-state index contributed by atoms with van der Waals surface area (Å²) in [6.45, 7) is 7.47. The molecule has 0 aliphatic rings. The van der Waals surface area contributed by atoms with Crippen molar-refractivity contribution in [3.63, 3.8) is 0 Å². The summed E-state index contributed by atoms with van der Waals surface area (Å²) >= 11 is 1.70. The first kappa shape index (κ1) is 14.2. The lowest BCUT2D eigenvalue weighted by Gasteiger charge is -2.13. The van der Waals surface area contributed by atoms with Crippen molar-refractivity contribution in [1.29, 1.82) is 0 Å². The second-order valence-electron chi connectivity index (χ2n) is 4.60. The fourth-order valence-corrected chi connectivity index (χ4v) is 2.67. The van der Waals surface area contributed by atoms with Gasteiger partial charge in [0.1, 0.15) is 0 Å². The topological polar surface area (TPSA) is 54.2 Å². The summed E-state index contributed by atoms with van der Waals surface area (Å²) in [7, 11) is 2.08. The van der Waals surface area contributed by atoms with Gasteiger partial charge >= 0.3 is 0 Å². The largest absolute Gasteiger partial charge is 0.360 e. The van der Waals surface area contributed by atoms with Gasteiger partial charge in [-0.2, -0.15) is 0 Å². The first-order valence-corrected chi connectivity index (χ1v) is 7.29. The van der Waals surface area contributed by atoms with E-state index in [0.29, 0.717) is 0 Å². The molecule has 0 bridgehead atoms. The van der Waals surface area contributed by atoms with Gasteiger partial charge in [0.25, 0.3) is 0 Å². The fraction of sp³-hybridized carbons (Fsp3) is 0.538. The summed E-state index contributed by atoms with van der Waals surface area (Å²) in [4.78, 5) is 7.77. The van der Waals surface area contributed by atoms with Crippen LogP contribution in [-0.2, 0) is 19.6 Å². The van der Waals surface area contributed by atoms with Gasteiger partial charge < -0.3 is 9.84 Å². The molecule has 0 aromatic carbocycles. The first-order chi connectivity index (χ1) is 9.19. The number of aryl methyl sites for hydroxylation is 1. The molecule has 5 nitrogen and oxygen atoms in total. The second kappa shape index (κ2) is 6.79. The normalized spacial score (nSPS) is 11.4. The summed E-state index contributed by atoms with van der Waals surface area (Å²) in [5.41, 5.74) is 3.96. The van der Waals surface area contributed by atoms with E-state index in [-0.39, 0.29) is 0 Å². The molecule has 0 unspecified atom stereocenters. The quantitative estimate of drug-likeness (QED) is 0.842. The molecule has 0 aliphatic carbocycles. The van der Waals surface area contributed by atoms with Crippen LogP contribution in [-0.4, -0.2) is 28.6 Å². The van der Waals surface area contributed by atoms with Crippen molar-refractivity contribution in [2.45, 2.75) is 33.5 Å². The molecule has 0 spiro atoms. The van der Waals surface area contributed by atoms with Crippen molar-refractivity contribution in [1.82, 2.24) is 20.4 Å². The van der Waals surface area contributed by atoms with Crippen molar-refractivity contribution in [3.05, 3.63) is 33.6 Å². The van der Waals surface area contributed by atoms with Gasteiger partial charge in [-0.1, -0.05) is 12.1 Å². The number of hydrogen-bond acceptors (Lipinski definition) is 6. The maximum absolute atomic E-state index is 5.34. The van der Waals surface area contributed by atoms with Gasteiger partial charge in [-0.25, -0.2) is 4.98 Å². The lowest BCUT2D eigenvalue weighted by Crippen LogP contribution is -2.16. The fourth-order valence-electron chi connectivity index (χ4n) is 1.81.